The number of nitrogens with one attached hydrogen (secondary N) is 2. The first-order chi connectivity index (χ1) is 21.8. The van der Waals surface area contributed by atoms with E-state index in [1.54, 1.807) is 0 Å². The van der Waals surface area contributed by atoms with Crippen molar-refractivity contribution in [2.24, 2.45) is 0 Å². The van der Waals surface area contributed by atoms with Crippen LogP contribution in [0.25, 0.3) is 39.0 Å². The molecule has 14 heteroatoms. The van der Waals surface area contributed by atoms with Gasteiger partial charge in [0.2, 0.25) is 5.95 Å². The van der Waals surface area contributed by atoms with Crippen molar-refractivity contribution >= 4 is 39.9 Å². The largest absolute Gasteiger partial charge is 0.490 e. The van der Waals surface area contributed by atoms with E-state index in [1.165, 1.54) is 0 Å². The number of benzene rings is 3. The standard InChI is InChI=1S/C29H26N8O.C2HF3O2/c1-2-7-20(8-3-1)21-9-6-10-22(17-21)37-19-31-26-27(30-18-25-32-23-11-4-5-12-24(23)33-25)34-29(35-28(26)37)36-13-15-38-16-14-36;3-2(4,5)1(6)7/h1-12,17,19H,13-16,18H2,(H,32,33)(H,30,34,35);(H,6,7). The minimum Gasteiger partial charge on any atom is -0.475 e. The third kappa shape index (κ3) is 6.70. The molecule has 11 nitrogen and oxygen atoms in total. The zero-order valence-corrected chi connectivity index (χ0v) is 23.7. The number of para-hydroxylation sites is 2. The average Bonchev–Trinajstić information content (AvgIpc) is 3.69. The van der Waals surface area contributed by atoms with Crippen molar-refractivity contribution in [3.05, 3.63) is 91.0 Å². The van der Waals surface area contributed by atoms with E-state index in [-0.39, 0.29) is 0 Å². The second kappa shape index (κ2) is 12.6. The van der Waals surface area contributed by atoms with Gasteiger partial charge in [0.15, 0.2) is 17.0 Å². The molecule has 4 heterocycles. The van der Waals surface area contributed by atoms with Gasteiger partial charge in [0.1, 0.15) is 12.2 Å². The van der Waals surface area contributed by atoms with Crippen LogP contribution >= 0.6 is 0 Å². The maximum Gasteiger partial charge on any atom is 0.490 e. The molecule has 45 heavy (non-hydrogen) atoms. The van der Waals surface area contributed by atoms with Crippen molar-refractivity contribution in [3.63, 3.8) is 0 Å². The number of fused-ring (bicyclic) bond motifs is 2. The van der Waals surface area contributed by atoms with Gasteiger partial charge in [-0.25, -0.2) is 14.8 Å². The van der Waals surface area contributed by atoms with Crippen LogP contribution in [0.5, 0.6) is 0 Å². The maximum atomic E-state index is 10.6. The molecule has 3 N–H and O–H groups in total. The second-order valence-corrected chi connectivity index (χ2v) is 10.0. The van der Waals surface area contributed by atoms with Crippen LogP contribution in [0.4, 0.5) is 24.9 Å². The smallest absolute Gasteiger partial charge is 0.475 e. The molecular formula is C31H27F3N8O3. The normalized spacial score (nSPS) is 13.4. The molecule has 1 aliphatic rings. The molecule has 1 saturated heterocycles. The molecule has 0 unspecified atom stereocenters. The molecule has 0 spiro atoms. The lowest BCUT2D eigenvalue weighted by Gasteiger charge is -2.27. The number of carboxylic acids is 1. The zero-order chi connectivity index (χ0) is 31.4. The van der Waals surface area contributed by atoms with E-state index in [0.717, 1.165) is 52.4 Å². The van der Waals surface area contributed by atoms with Gasteiger partial charge in [0.25, 0.3) is 0 Å². The third-order valence-electron chi connectivity index (χ3n) is 7.01. The molecule has 3 aromatic carbocycles. The van der Waals surface area contributed by atoms with Gasteiger partial charge >= 0.3 is 12.1 Å². The Bertz CT molecular complexity index is 1900. The summed E-state index contributed by atoms with van der Waals surface area (Å²) in [6.45, 7) is 3.28. The van der Waals surface area contributed by atoms with E-state index in [0.29, 0.717) is 37.0 Å². The Balaban J connectivity index is 0.000000460. The van der Waals surface area contributed by atoms with Gasteiger partial charge < -0.3 is 25.0 Å². The first-order valence-corrected chi connectivity index (χ1v) is 14.0. The summed E-state index contributed by atoms with van der Waals surface area (Å²) in [6.07, 6.45) is -3.26. The van der Waals surface area contributed by atoms with Crippen molar-refractivity contribution in [2.75, 3.05) is 36.5 Å². The number of alkyl halides is 3. The minimum atomic E-state index is -5.08. The summed E-state index contributed by atoms with van der Waals surface area (Å²) in [5.74, 6) is -0.586. The Morgan fingerprint density at radius 1 is 0.933 bits per heavy atom. The molecule has 0 aliphatic carbocycles. The van der Waals surface area contributed by atoms with Gasteiger partial charge in [-0.3, -0.25) is 4.57 Å². The first kappa shape index (κ1) is 29.6. The number of H-pyrrole nitrogens is 1. The molecule has 6 aromatic rings. The number of aromatic nitrogens is 6. The van der Waals surface area contributed by atoms with Gasteiger partial charge in [0, 0.05) is 18.8 Å². The number of aromatic amines is 1. The lowest BCUT2D eigenvalue weighted by Crippen LogP contribution is -2.37. The predicted octanol–water partition coefficient (Wildman–Crippen LogP) is 5.44. The number of carbonyl (C=O) groups is 1. The highest BCUT2D eigenvalue weighted by Gasteiger charge is 2.38. The highest BCUT2D eigenvalue weighted by molar-refractivity contribution is 5.86. The molecule has 0 amide bonds. The monoisotopic (exact) mass is 616 g/mol. The molecular weight excluding hydrogens is 589 g/mol. The summed E-state index contributed by atoms with van der Waals surface area (Å²) in [5, 5.41) is 10.6. The molecule has 0 bridgehead atoms. The fourth-order valence-corrected chi connectivity index (χ4v) is 4.83. The highest BCUT2D eigenvalue weighted by Crippen LogP contribution is 2.28. The number of ether oxygens (including phenoxy) is 1. The lowest BCUT2D eigenvalue weighted by molar-refractivity contribution is -0.192. The fourth-order valence-electron chi connectivity index (χ4n) is 4.83. The summed E-state index contributed by atoms with van der Waals surface area (Å²) < 4.78 is 39.3. The number of nitrogens with zero attached hydrogens (tertiary/aromatic N) is 6. The lowest BCUT2D eigenvalue weighted by atomic mass is 10.1. The van der Waals surface area contributed by atoms with Crippen molar-refractivity contribution in [1.29, 1.82) is 0 Å². The zero-order valence-electron chi connectivity index (χ0n) is 23.7. The van der Waals surface area contributed by atoms with E-state index in [4.69, 9.17) is 34.6 Å². The number of imidazole rings is 2. The molecule has 1 fully saturated rings. The third-order valence-corrected chi connectivity index (χ3v) is 7.01. The predicted molar refractivity (Wildman–Crippen MR) is 162 cm³/mol. The Hall–Kier alpha value is -5.50. The van der Waals surface area contributed by atoms with Crippen LogP contribution in [0.15, 0.2) is 85.2 Å². The Kier molecular flexibility index (Phi) is 8.29. The van der Waals surface area contributed by atoms with Crippen LogP contribution < -0.4 is 10.2 Å². The van der Waals surface area contributed by atoms with Crippen LogP contribution in [0, 0.1) is 0 Å². The van der Waals surface area contributed by atoms with Crippen molar-refractivity contribution in [3.8, 4) is 16.8 Å². The minimum absolute atomic E-state index is 0.486. The van der Waals surface area contributed by atoms with E-state index in [1.807, 2.05) is 41.2 Å². The summed E-state index contributed by atoms with van der Waals surface area (Å²) >= 11 is 0. The summed E-state index contributed by atoms with van der Waals surface area (Å²) in [5.41, 5.74) is 6.69. The van der Waals surface area contributed by atoms with Gasteiger partial charge in [-0.05, 0) is 35.4 Å². The number of rotatable bonds is 6. The van der Waals surface area contributed by atoms with Crippen LogP contribution in [0.3, 0.4) is 0 Å². The molecule has 0 atom stereocenters. The van der Waals surface area contributed by atoms with Crippen LogP contribution in [-0.4, -0.2) is 73.0 Å². The summed E-state index contributed by atoms with van der Waals surface area (Å²) in [6, 6.07) is 26.8. The average molecular weight is 617 g/mol. The van der Waals surface area contributed by atoms with E-state index >= 15 is 0 Å². The Morgan fingerprint density at radius 2 is 1.64 bits per heavy atom. The number of hydrogen-bond acceptors (Lipinski definition) is 8. The summed E-state index contributed by atoms with van der Waals surface area (Å²) in [7, 11) is 0. The molecule has 230 valence electrons. The number of hydrogen-bond donors (Lipinski definition) is 3. The van der Waals surface area contributed by atoms with Gasteiger partial charge in [-0.1, -0.05) is 54.6 Å². The quantitative estimate of drug-likeness (QED) is 0.224. The topological polar surface area (TPSA) is 134 Å². The molecule has 7 rings (SSSR count). The van der Waals surface area contributed by atoms with Gasteiger partial charge in [-0.15, -0.1) is 0 Å². The van der Waals surface area contributed by atoms with Crippen molar-refractivity contribution in [2.45, 2.75) is 12.7 Å². The number of carboxylic acid groups (broad SMARTS) is 1. The Labute approximate surface area is 254 Å². The summed E-state index contributed by atoms with van der Waals surface area (Å²) in [4.78, 5) is 33.7. The number of aliphatic carboxylic acids is 1. The maximum absolute atomic E-state index is 10.6. The molecule has 0 saturated carbocycles. The number of morpholine rings is 1. The SMILES string of the molecule is O=C(O)C(F)(F)F.c1ccc(-c2cccc(-n3cnc4c(NCc5nc6ccccc6[nH]5)nc(N5CCOCC5)nc43)c2)cc1. The number of anilines is 2. The van der Waals surface area contributed by atoms with Crippen LogP contribution in [-0.2, 0) is 16.1 Å². The van der Waals surface area contributed by atoms with Crippen molar-refractivity contribution < 1.29 is 27.8 Å². The Morgan fingerprint density at radius 3 is 2.38 bits per heavy atom. The van der Waals surface area contributed by atoms with E-state index < -0.39 is 12.1 Å². The van der Waals surface area contributed by atoms with E-state index in [2.05, 4.69) is 63.7 Å². The second-order valence-electron chi connectivity index (χ2n) is 10.0. The van der Waals surface area contributed by atoms with Crippen molar-refractivity contribution in [1.82, 2.24) is 29.5 Å². The van der Waals surface area contributed by atoms with Gasteiger partial charge in [0.05, 0.1) is 30.8 Å². The van der Waals surface area contributed by atoms with Crippen LogP contribution in [0.1, 0.15) is 5.82 Å². The highest BCUT2D eigenvalue weighted by atomic mass is 19.4. The van der Waals surface area contributed by atoms with Crippen LogP contribution in [0.2, 0.25) is 0 Å². The molecule has 0 radical (unpaired) electrons. The fraction of sp³-hybridized carbons (Fsp3) is 0.194. The number of halogens is 3. The first-order valence-electron chi connectivity index (χ1n) is 14.0. The molecule has 3 aromatic heterocycles. The van der Waals surface area contributed by atoms with E-state index in [9.17, 15) is 13.2 Å². The molecule has 1 aliphatic heterocycles. The van der Waals surface area contributed by atoms with Gasteiger partial charge in [-0.2, -0.15) is 23.1 Å².